The summed E-state index contributed by atoms with van der Waals surface area (Å²) in [5.74, 6) is 1.54. The molecule has 0 saturated heterocycles. The molecule has 0 amide bonds. The minimum Gasteiger partial charge on any atom is -0.249 e. The Balaban J connectivity index is 2.24. The SMILES string of the molecule is Cc1nc(C)c(-c2nc(C)c(-c3c(C)nc(C)nc3C)nc2C)c(C)n1. The lowest BCUT2D eigenvalue weighted by Gasteiger charge is -2.16. The molecule has 6 heteroatoms. The van der Waals surface area contributed by atoms with E-state index in [0.717, 1.165) is 68.3 Å². The van der Waals surface area contributed by atoms with Gasteiger partial charge in [-0.15, -0.1) is 0 Å². The van der Waals surface area contributed by atoms with Gasteiger partial charge in [0, 0.05) is 11.1 Å². The minimum absolute atomic E-state index is 0.769. The highest BCUT2D eigenvalue weighted by atomic mass is 14.9. The highest BCUT2D eigenvalue weighted by Crippen LogP contribution is 2.31. The normalized spacial score (nSPS) is 11.1. The molecular weight excluding hydrogens is 324 g/mol. The van der Waals surface area contributed by atoms with Gasteiger partial charge >= 0.3 is 0 Å². The van der Waals surface area contributed by atoms with E-state index in [1.54, 1.807) is 0 Å². The molecule has 3 rings (SSSR count). The second-order valence-corrected chi connectivity index (χ2v) is 6.72. The maximum absolute atomic E-state index is 4.88. The number of nitrogens with zero attached hydrogens (tertiary/aromatic N) is 6. The summed E-state index contributed by atoms with van der Waals surface area (Å²) < 4.78 is 0. The Kier molecular flexibility index (Phi) is 4.52. The van der Waals surface area contributed by atoms with E-state index in [9.17, 15) is 0 Å². The summed E-state index contributed by atoms with van der Waals surface area (Å²) in [5, 5.41) is 0. The van der Waals surface area contributed by atoms with E-state index in [2.05, 4.69) is 19.9 Å². The molecule has 134 valence electrons. The first-order valence-electron chi connectivity index (χ1n) is 8.68. The second kappa shape index (κ2) is 6.52. The van der Waals surface area contributed by atoms with Crippen LogP contribution in [0, 0.1) is 55.4 Å². The molecule has 0 atom stereocenters. The molecule has 0 aliphatic heterocycles. The standard InChI is InChI=1S/C20H24N6/c1-9-17(10(2)22-15(7)21-9)19-13(5)26-20(14(6)25-19)18-11(3)23-16(8)24-12(18)4/h1-8H3. The van der Waals surface area contributed by atoms with Gasteiger partial charge in [0.05, 0.1) is 45.6 Å². The quantitative estimate of drug-likeness (QED) is 0.700. The first-order chi connectivity index (χ1) is 12.2. The van der Waals surface area contributed by atoms with E-state index in [4.69, 9.17) is 9.97 Å². The molecule has 0 radical (unpaired) electrons. The fourth-order valence-electron chi connectivity index (χ4n) is 3.53. The molecule has 0 saturated carbocycles. The van der Waals surface area contributed by atoms with Crippen LogP contribution in [0.25, 0.3) is 22.5 Å². The number of hydrogen-bond acceptors (Lipinski definition) is 6. The average molecular weight is 348 g/mol. The van der Waals surface area contributed by atoms with Crippen LogP contribution < -0.4 is 0 Å². The average Bonchev–Trinajstić information content (AvgIpc) is 2.49. The smallest absolute Gasteiger partial charge is 0.125 e. The van der Waals surface area contributed by atoms with Crippen LogP contribution in [0.2, 0.25) is 0 Å². The third-order valence-corrected chi connectivity index (χ3v) is 4.48. The topological polar surface area (TPSA) is 77.3 Å². The Labute approximate surface area is 154 Å². The van der Waals surface area contributed by atoms with Gasteiger partial charge in [-0.1, -0.05) is 0 Å². The molecule has 0 unspecified atom stereocenters. The predicted molar refractivity (Wildman–Crippen MR) is 102 cm³/mol. The molecule has 0 N–H and O–H groups in total. The Morgan fingerprint density at radius 3 is 0.885 bits per heavy atom. The second-order valence-electron chi connectivity index (χ2n) is 6.72. The Bertz CT molecular complexity index is 894. The van der Waals surface area contributed by atoms with Crippen molar-refractivity contribution in [2.24, 2.45) is 0 Å². The lowest BCUT2D eigenvalue weighted by molar-refractivity contribution is 0.956. The Hall–Kier alpha value is -2.76. The van der Waals surface area contributed by atoms with Crippen LogP contribution >= 0.6 is 0 Å². The van der Waals surface area contributed by atoms with Crippen LogP contribution in [0.5, 0.6) is 0 Å². The molecule has 0 bridgehead atoms. The molecule has 0 aliphatic rings. The zero-order valence-electron chi connectivity index (χ0n) is 16.7. The summed E-state index contributed by atoms with van der Waals surface area (Å²) in [6, 6.07) is 0. The first kappa shape index (κ1) is 18.0. The van der Waals surface area contributed by atoms with Crippen molar-refractivity contribution in [3.63, 3.8) is 0 Å². The van der Waals surface area contributed by atoms with Crippen molar-refractivity contribution >= 4 is 0 Å². The van der Waals surface area contributed by atoms with Gasteiger partial charge in [0.2, 0.25) is 0 Å². The molecule has 26 heavy (non-hydrogen) atoms. The van der Waals surface area contributed by atoms with E-state index in [1.165, 1.54) is 0 Å². The van der Waals surface area contributed by atoms with Crippen molar-refractivity contribution in [2.75, 3.05) is 0 Å². The largest absolute Gasteiger partial charge is 0.249 e. The summed E-state index contributed by atoms with van der Waals surface area (Å²) in [6.07, 6.45) is 0. The van der Waals surface area contributed by atoms with Gasteiger partial charge < -0.3 is 0 Å². The van der Waals surface area contributed by atoms with Crippen molar-refractivity contribution in [1.82, 2.24) is 29.9 Å². The van der Waals surface area contributed by atoms with E-state index in [1.807, 2.05) is 55.4 Å². The van der Waals surface area contributed by atoms with Crippen molar-refractivity contribution in [3.8, 4) is 22.5 Å². The third kappa shape index (κ3) is 3.07. The molecule has 3 aromatic rings. The number of aryl methyl sites for hydroxylation is 8. The predicted octanol–water partition coefficient (Wildman–Crippen LogP) is 3.86. The zero-order valence-corrected chi connectivity index (χ0v) is 16.7. The van der Waals surface area contributed by atoms with Crippen LogP contribution in [-0.4, -0.2) is 29.9 Å². The summed E-state index contributed by atoms with van der Waals surface area (Å²) in [7, 11) is 0. The fourth-order valence-corrected chi connectivity index (χ4v) is 3.53. The van der Waals surface area contributed by atoms with Gasteiger partial charge in [-0.2, -0.15) is 0 Å². The van der Waals surface area contributed by atoms with Crippen LogP contribution in [0.4, 0.5) is 0 Å². The maximum atomic E-state index is 4.88. The molecule has 0 fully saturated rings. The van der Waals surface area contributed by atoms with Crippen LogP contribution in [0.3, 0.4) is 0 Å². The van der Waals surface area contributed by atoms with Crippen LogP contribution in [0.15, 0.2) is 0 Å². The van der Waals surface area contributed by atoms with E-state index in [0.29, 0.717) is 0 Å². The molecule has 3 heterocycles. The molecule has 0 aromatic carbocycles. The van der Waals surface area contributed by atoms with Gasteiger partial charge in [-0.25, -0.2) is 29.9 Å². The highest BCUT2D eigenvalue weighted by molar-refractivity contribution is 5.72. The molecule has 0 aliphatic carbocycles. The summed E-state index contributed by atoms with van der Waals surface area (Å²) in [5.41, 5.74) is 8.99. The van der Waals surface area contributed by atoms with E-state index >= 15 is 0 Å². The van der Waals surface area contributed by atoms with Gasteiger partial charge in [0.25, 0.3) is 0 Å². The van der Waals surface area contributed by atoms with Gasteiger partial charge in [0.1, 0.15) is 11.6 Å². The van der Waals surface area contributed by atoms with E-state index in [-0.39, 0.29) is 0 Å². The molecular formula is C20H24N6. The van der Waals surface area contributed by atoms with Crippen molar-refractivity contribution < 1.29 is 0 Å². The first-order valence-corrected chi connectivity index (χ1v) is 8.68. The number of hydrogen-bond donors (Lipinski definition) is 0. The third-order valence-electron chi connectivity index (χ3n) is 4.48. The van der Waals surface area contributed by atoms with Crippen molar-refractivity contribution in [1.29, 1.82) is 0 Å². The lowest BCUT2D eigenvalue weighted by Crippen LogP contribution is -2.07. The van der Waals surface area contributed by atoms with Gasteiger partial charge in [0.15, 0.2) is 0 Å². The molecule has 6 nitrogen and oxygen atoms in total. The summed E-state index contributed by atoms with van der Waals surface area (Å²) >= 11 is 0. The van der Waals surface area contributed by atoms with Crippen molar-refractivity contribution in [2.45, 2.75) is 55.4 Å². The zero-order chi connectivity index (χ0) is 19.2. The summed E-state index contributed by atoms with van der Waals surface area (Å²) in [4.78, 5) is 27.8. The van der Waals surface area contributed by atoms with Gasteiger partial charge in [-0.05, 0) is 55.4 Å². The monoisotopic (exact) mass is 348 g/mol. The fraction of sp³-hybridized carbons (Fsp3) is 0.400. The Morgan fingerprint density at radius 2 is 0.615 bits per heavy atom. The van der Waals surface area contributed by atoms with Crippen LogP contribution in [0.1, 0.15) is 45.8 Å². The van der Waals surface area contributed by atoms with Crippen molar-refractivity contribution in [3.05, 3.63) is 45.8 Å². The maximum Gasteiger partial charge on any atom is 0.125 e. The Morgan fingerprint density at radius 1 is 0.346 bits per heavy atom. The number of aromatic nitrogens is 6. The van der Waals surface area contributed by atoms with E-state index < -0.39 is 0 Å². The van der Waals surface area contributed by atoms with Crippen LogP contribution in [-0.2, 0) is 0 Å². The summed E-state index contributed by atoms with van der Waals surface area (Å²) in [6.45, 7) is 15.7. The molecule has 3 aromatic heterocycles. The molecule has 0 spiro atoms. The minimum atomic E-state index is 0.769. The lowest BCUT2D eigenvalue weighted by atomic mass is 10.0. The highest BCUT2D eigenvalue weighted by Gasteiger charge is 2.19. The van der Waals surface area contributed by atoms with Gasteiger partial charge in [-0.3, -0.25) is 0 Å². The number of rotatable bonds is 2.